The van der Waals surface area contributed by atoms with Gasteiger partial charge in [0.15, 0.2) is 5.13 Å². The number of nitrogens with two attached hydrogens (primary N) is 1. The molecule has 0 radical (unpaired) electrons. The molecule has 2 aromatic rings. The van der Waals surface area contributed by atoms with Crippen LogP contribution in [-0.4, -0.2) is 28.4 Å². The summed E-state index contributed by atoms with van der Waals surface area (Å²) in [5.41, 5.74) is 7.73. The highest BCUT2D eigenvalue weighted by atomic mass is 32.1. The molecule has 3 rings (SSSR count). The number of nitrogen functional groups attached to an aromatic ring is 1. The lowest BCUT2D eigenvalue weighted by molar-refractivity contribution is 0.0740. The molecule has 5 heteroatoms. The Bertz CT molecular complexity index is 638. The lowest BCUT2D eigenvalue weighted by Gasteiger charge is -2.24. The number of amides is 1. The predicted octanol–water partition coefficient (Wildman–Crippen LogP) is 2.88. The van der Waals surface area contributed by atoms with Gasteiger partial charge in [-0.2, -0.15) is 0 Å². The Labute approximate surface area is 128 Å². The van der Waals surface area contributed by atoms with Gasteiger partial charge in [-0.25, -0.2) is 4.98 Å². The summed E-state index contributed by atoms with van der Waals surface area (Å²) in [5, 5.41) is 0.467. The molecule has 110 valence electrons. The van der Waals surface area contributed by atoms with E-state index in [0.29, 0.717) is 10.0 Å². The van der Waals surface area contributed by atoms with E-state index in [2.05, 4.69) is 17.1 Å². The van der Waals surface area contributed by atoms with Gasteiger partial charge >= 0.3 is 0 Å². The Kier molecular flexibility index (Phi) is 3.92. The molecule has 0 saturated carbocycles. The van der Waals surface area contributed by atoms with Gasteiger partial charge in [0.1, 0.15) is 4.88 Å². The minimum absolute atomic E-state index is 0.0835. The summed E-state index contributed by atoms with van der Waals surface area (Å²) < 4.78 is 0. The zero-order chi connectivity index (χ0) is 14.8. The van der Waals surface area contributed by atoms with Crippen LogP contribution in [0.3, 0.4) is 0 Å². The molecule has 0 aliphatic carbocycles. The van der Waals surface area contributed by atoms with Crippen molar-refractivity contribution in [1.82, 2.24) is 9.88 Å². The molecule has 1 aliphatic heterocycles. The van der Waals surface area contributed by atoms with Gasteiger partial charge < -0.3 is 10.6 Å². The first-order valence-electron chi connectivity index (χ1n) is 7.23. The molecule has 1 fully saturated rings. The van der Waals surface area contributed by atoms with Crippen molar-refractivity contribution in [3.63, 3.8) is 0 Å². The maximum absolute atomic E-state index is 12.7. The fraction of sp³-hybridized carbons (Fsp3) is 0.375. The van der Waals surface area contributed by atoms with Crippen LogP contribution < -0.4 is 5.73 Å². The second kappa shape index (κ2) is 5.85. The number of anilines is 1. The van der Waals surface area contributed by atoms with E-state index in [9.17, 15) is 4.79 Å². The van der Waals surface area contributed by atoms with E-state index >= 15 is 0 Å². The van der Waals surface area contributed by atoms with Gasteiger partial charge in [0.05, 0.1) is 5.69 Å². The summed E-state index contributed by atoms with van der Waals surface area (Å²) in [6, 6.07) is 10.6. The van der Waals surface area contributed by atoms with Gasteiger partial charge in [-0.3, -0.25) is 4.79 Å². The number of aromatic nitrogens is 1. The first kappa shape index (κ1) is 14.1. The van der Waals surface area contributed by atoms with E-state index in [-0.39, 0.29) is 11.9 Å². The van der Waals surface area contributed by atoms with Crippen LogP contribution in [0.15, 0.2) is 30.3 Å². The van der Waals surface area contributed by atoms with Gasteiger partial charge in [0.25, 0.3) is 5.91 Å². The second-order valence-corrected chi connectivity index (χ2v) is 6.48. The average Bonchev–Trinajstić information content (AvgIpc) is 3.06. The normalized spacial score (nSPS) is 18.1. The molecule has 1 amide bonds. The number of nitrogens with zero attached hydrogens (tertiary/aromatic N) is 2. The number of hydrogen-bond donors (Lipinski definition) is 1. The smallest absolute Gasteiger partial charge is 0.266 e. The van der Waals surface area contributed by atoms with E-state index in [4.69, 9.17) is 5.73 Å². The maximum atomic E-state index is 12.7. The quantitative estimate of drug-likeness (QED) is 0.948. The van der Waals surface area contributed by atoms with Gasteiger partial charge in [0.2, 0.25) is 0 Å². The van der Waals surface area contributed by atoms with Crippen molar-refractivity contribution in [3.05, 3.63) is 46.5 Å². The lowest BCUT2D eigenvalue weighted by Crippen LogP contribution is -2.36. The van der Waals surface area contributed by atoms with Crippen LogP contribution in [0.25, 0.3) is 0 Å². The third-order valence-electron chi connectivity index (χ3n) is 3.96. The molecule has 2 N–H and O–H groups in total. The average molecular weight is 301 g/mol. The van der Waals surface area contributed by atoms with Crippen LogP contribution in [0.5, 0.6) is 0 Å². The molecule has 1 saturated heterocycles. The first-order valence-corrected chi connectivity index (χ1v) is 8.04. The van der Waals surface area contributed by atoms with Crippen LogP contribution in [0, 0.1) is 6.92 Å². The molecule has 2 heterocycles. The van der Waals surface area contributed by atoms with Crippen LogP contribution in [0.1, 0.15) is 33.8 Å². The minimum Gasteiger partial charge on any atom is -0.375 e. The van der Waals surface area contributed by atoms with Gasteiger partial charge in [-0.15, -0.1) is 0 Å². The van der Waals surface area contributed by atoms with Crippen molar-refractivity contribution in [1.29, 1.82) is 0 Å². The monoisotopic (exact) mass is 301 g/mol. The van der Waals surface area contributed by atoms with Crippen molar-refractivity contribution >= 4 is 22.4 Å². The predicted molar refractivity (Wildman–Crippen MR) is 85.5 cm³/mol. The Morgan fingerprint density at radius 2 is 2.19 bits per heavy atom. The number of carbonyl (C=O) groups is 1. The van der Waals surface area contributed by atoms with Crippen molar-refractivity contribution in [3.8, 4) is 0 Å². The number of rotatable bonds is 3. The Morgan fingerprint density at radius 3 is 2.86 bits per heavy atom. The highest BCUT2D eigenvalue weighted by Crippen LogP contribution is 2.27. The van der Waals surface area contributed by atoms with Crippen LogP contribution in [-0.2, 0) is 6.42 Å². The second-order valence-electron chi connectivity index (χ2n) is 5.45. The highest BCUT2D eigenvalue weighted by Gasteiger charge is 2.31. The van der Waals surface area contributed by atoms with Crippen LogP contribution >= 0.6 is 11.3 Å². The van der Waals surface area contributed by atoms with Gasteiger partial charge in [-0.05, 0) is 31.7 Å². The highest BCUT2D eigenvalue weighted by molar-refractivity contribution is 7.17. The van der Waals surface area contributed by atoms with E-state index in [1.807, 2.05) is 30.0 Å². The van der Waals surface area contributed by atoms with Crippen molar-refractivity contribution in [2.45, 2.75) is 32.2 Å². The standard InChI is InChI=1S/C16H19N3OS/c1-11-14(21-16(17)18-11)15(20)19-9-5-8-13(19)10-12-6-3-2-4-7-12/h2-4,6-7,13H,5,8-10H2,1H3,(H2,17,18). The number of hydrogen-bond acceptors (Lipinski definition) is 4. The van der Waals surface area contributed by atoms with Crippen LogP contribution in [0.4, 0.5) is 5.13 Å². The number of likely N-dealkylation sites (tertiary alicyclic amines) is 1. The summed E-state index contributed by atoms with van der Waals surface area (Å²) in [5.74, 6) is 0.0835. The Balaban J connectivity index is 1.77. The lowest BCUT2D eigenvalue weighted by atomic mass is 10.0. The van der Waals surface area contributed by atoms with E-state index in [0.717, 1.165) is 31.5 Å². The molecule has 4 nitrogen and oxygen atoms in total. The fourth-order valence-electron chi connectivity index (χ4n) is 2.95. The summed E-state index contributed by atoms with van der Waals surface area (Å²) in [7, 11) is 0. The number of aryl methyl sites for hydroxylation is 1. The van der Waals surface area contributed by atoms with E-state index in [1.54, 1.807) is 0 Å². The van der Waals surface area contributed by atoms with Gasteiger partial charge in [-0.1, -0.05) is 41.7 Å². The summed E-state index contributed by atoms with van der Waals surface area (Å²) >= 11 is 1.29. The largest absolute Gasteiger partial charge is 0.375 e. The molecule has 0 bridgehead atoms. The van der Waals surface area contributed by atoms with Crippen molar-refractivity contribution < 1.29 is 4.79 Å². The zero-order valence-electron chi connectivity index (χ0n) is 12.1. The van der Waals surface area contributed by atoms with E-state index < -0.39 is 0 Å². The Hall–Kier alpha value is -1.88. The number of benzene rings is 1. The minimum atomic E-state index is 0.0835. The summed E-state index contributed by atoms with van der Waals surface area (Å²) in [6.07, 6.45) is 3.05. The molecule has 1 aliphatic rings. The molecule has 1 unspecified atom stereocenters. The molecule has 1 aromatic heterocycles. The Morgan fingerprint density at radius 1 is 1.43 bits per heavy atom. The number of thiazole rings is 1. The molecular weight excluding hydrogens is 282 g/mol. The molecule has 1 aromatic carbocycles. The molecule has 21 heavy (non-hydrogen) atoms. The summed E-state index contributed by atoms with van der Waals surface area (Å²) in [6.45, 7) is 2.68. The molecule has 1 atom stereocenters. The summed E-state index contributed by atoms with van der Waals surface area (Å²) in [4.78, 5) is 19.6. The molecule has 0 spiro atoms. The maximum Gasteiger partial charge on any atom is 0.266 e. The number of carbonyl (C=O) groups excluding carboxylic acids is 1. The SMILES string of the molecule is Cc1nc(N)sc1C(=O)N1CCCC1Cc1ccccc1. The molecular formula is C16H19N3OS. The van der Waals surface area contributed by atoms with Gasteiger partial charge in [0, 0.05) is 12.6 Å². The third-order valence-corrected chi connectivity index (χ3v) is 4.93. The van der Waals surface area contributed by atoms with Crippen LogP contribution in [0.2, 0.25) is 0 Å². The van der Waals surface area contributed by atoms with Crippen molar-refractivity contribution in [2.24, 2.45) is 0 Å². The topological polar surface area (TPSA) is 59.2 Å². The van der Waals surface area contributed by atoms with E-state index in [1.165, 1.54) is 16.9 Å². The van der Waals surface area contributed by atoms with Crippen molar-refractivity contribution in [2.75, 3.05) is 12.3 Å². The third kappa shape index (κ3) is 2.93. The first-order chi connectivity index (χ1) is 10.1. The fourth-order valence-corrected chi connectivity index (χ4v) is 3.74. The zero-order valence-corrected chi connectivity index (χ0v) is 12.9.